The summed E-state index contributed by atoms with van der Waals surface area (Å²) in [6.45, 7) is 2.42. The molecule has 0 fully saturated rings. The van der Waals surface area contributed by atoms with Gasteiger partial charge >= 0.3 is 0 Å². The summed E-state index contributed by atoms with van der Waals surface area (Å²) >= 11 is 11.9. The van der Waals surface area contributed by atoms with E-state index >= 15 is 0 Å². The highest BCUT2D eigenvalue weighted by atomic mass is 35.5. The normalized spacial score (nSPS) is 10.2. The molecule has 0 aromatic heterocycles. The van der Waals surface area contributed by atoms with E-state index in [0.717, 1.165) is 5.56 Å². The van der Waals surface area contributed by atoms with Crippen LogP contribution in [0.25, 0.3) is 0 Å². The second-order valence-corrected chi connectivity index (χ2v) is 5.04. The Labute approximate surface area is 133 Å². The number of hydrogen-bond donors (Lipinski definition) is 1. The van der Waals surface area contributed by atoms with E-state index in [1.165, 1.54) is 0 Å². The lowest BCUT2D eigenvalue weighted by Crippen LogP contribution is -2.12. The van der Waals surface area contributed by atoms with Crippen LogP contribution in [-0.4, -0.2) is 12.5 Å². The van der Waals surface area contributed by atoms with Gasteiger partial charge in [-0.2, -0.15) is 0 Å². The lowest BCUT2D eigenvalue weighted by Gasteiger charge is -2.09. The van der Waals surface area contributed by atoms with Crippen molar-refractivity contribution in [3.8, 4) is 5.75 Å². The largest absolute Gasteiger partial charge is 0.492 e. The van der Waals surface area contributed by atoms with Gasteiger partial charge in [0, 0.05) is 17.1 Å². The molecule has 0 heterocycles. The minimum absolute atomic E-state index is 0.206. The van der Waals surface area contributed by atoms with Gasteiger partial charge in [-0.1, -0.05) is 23.7 Å². The highest BCUT2D eigenvalue weighted by molar-refractivity contribution is 6.32. The number of rotatable bonds is 5. The predicted molar refractivity (Wildman–Crippen MR) is 86.6 cm³/mol. The number of anilines is 1. The molecule has 2 rings (SSSR count). The molecule has 5 heteroatoms. The van der Waals surface area contributed by atoms with Gasteiger partial charge in [-0.3, -0.25) is 4.79 Å². The van der Waals surface area contributed by atoms with Crippen LogP contribution in [0.4, 0.5) is 5.69 Å². The van der Waals surface area contributed by atoms with Crippen molar-refractivity contribution in [1.82, 2.24) is 0 Å². The molecule has 21 heavy (non-hydrogen) atoms. The third-order valence-corrected chi connectivity index (χ3v) is 3.44. The zero-order valence-corrected chi connectivity index (χ0v) is 13.0. The first-order valence-corrected chi connectivity index (χ1v) is 7.44. The zero-order valence-electron chi connectivity index (χ0n) is 11.5. The van der Waals surface area contributed by atoms with E-state index in [2.05, 4.69) is 5.32 Å². The Hall–Kier alpha value is -1.71. The molecular formula is C16H15Cl2NO2. The Morgan fingerprint density at radius 3 is 2.71 bits per heavy atom. The summed E-state index contributed by atoms with van der Waals surface area (Å²) in [6.07, 6.45) is 0. The molecule has 0 unspecified atom stereocenters. The van der Waals surface area contributed by atoms with Gasteiger partial charge in [0.05, 0.1) is 11.6 Å². The Morgan fingerprint density at radius 2 is 2.05 bits per heavy atom. The van der Waals surface area contributed by atoms with E-state index in [1.54, 1.807) is 36.4 Å². The number of carbonyl (C=O) groups excluding carboxylic acids is 1. The summed E-state index contributed by atoms with van der Waals surface area (Å²) in [5, 5.41) is 3.26. The van der Waals surface area contributed by atoms with Crippen molar-refractivity contribution in [2.75, 3.05) is 11.9 Å². The van der Waals surface area contributed by atoms with Crippen LogP contribution in [0.1, 0.15) is 22.8 Å². The van der Waals surface area contributed by atoms with Gasteiger partial charge in [-0.25, -0.2) is 0 Å². The number of nitrogens with one attached hydrogen (secondary N) is 1. The number of halogens is 2. The Kier molecular flexibility index (Phi) is 5.48. The molecule has 0 saturated heterocycles. The number of benzene rings is 2. The van der Waals surface area contributed by atoms with E-state index in [0.29, 0.717) is 34.5 Å². The van der Waals surface area contributed by atoms with Crippen LogP contribution in [0.15, 0.2) is 42.5 Å². The minimum Gasteiger partial charge on any atom is -0.492 e. The monoisotopic (exact) mass is 323 g/mol. The van der Waals surface area contributed by atoms with Gasteiger partial charge in [-0.05, 0) is 42.8 Å². The fourth-order valence-electron chi connectivity index (χ4n) is 1.85. The fraction of sp³-hybridized carbons (Fsp3) is 0.188. The van der Waals surface area contributed by atoms with Gasteiger partial charge < -0.3 is 10.1 Å². The Morgan fingerprint density at radius 1 is 1.24 bits per heavy atom. The molecular weight excluding hydrogens is 309 g/mol. The molecule has 0 atom stereocenters. The molecule has 0 radical (unpaired) electrons. The summed E-state index contributed by atoms with van der Waals surface area (Å²) in [6, 6.07) is 12.3. The van der Waals surface area contributed by atoms with Gasteiger partial charge in [0.2, 0.25) is 0 Å². The molecule has 1 amide bonds. The summed E-state index contributed by atoms with van der Waals surface area (Å²) in [5.41, 5.74) is 2.07. The second-order valence-electron chi connectivity index (χ2n) is 4.37. The average molecular weight is 324 g/mol. The second kappa shape index (κ2) is 7.34. The molecule has 0 spiro atoms. The number of hydrogen-bond acceptors (Lipinski definition) is 2. The molecule has 0 aliphatic heterocycles. The Bertz CT molecular complexity index is 644. The summed E-state index contributed by atoms with van der Waals surface area (Å²) in [5.74, 6) is 0.763. The maximum Gasteiger partial charge on any atom is 0.255 e. The third-order valence-electron chi connectivity index (χ3n) is 2.83. The van der Waals surface area contributed by atoms with Crippen molar-refractivity contribution in [2.45, 2.75) is 12.8 Å². The highest BCUT2D eigenvalue weighted by Gasteiger charge is 2.08. The minimum atomic E-state index is -0.206. The van der Waals surface area contributed by atoms with E-state index in [-0.39, 0.29) is 5.91 Å². The standard InChI is InChI=1S/C16H15Cl2NO2/c1-2-21-15-7-6-13(9-14(15)18)19-16(20)12-5-3-4-11(8-12)10-17/h3-9H,2,10H2,1H3,(H,19,20). The number of amides is 1. The molecule has 2 aromatic carbocycles. The molecule has 0 saturated carbocycles. The number of alkyl halides is 1. The first-order chi connectivity index (χ1) is 10.1. The van der Waals surface area contributed by atoms with Crippen molar-refractivity contribution >= 4 is 34.8 Å². The number of ether oxygens (including phenoxy) is 1. The van der Waals surface area contributed by atoms with Crippen molar-refractivity contribution < 1.29 is 9.53 Å². The molecule has 0 aliphatic rings. The van der Waals surface area contributed by atoms with Gasteiger partial charge in [0.25, 0.3) is 5.91 Å². The maximum atomic E-state index is 12.2. The maximum absolute atomic E-state index is 12.2. The molecule has 0 aliphatic carbocycles. The van der Waals surface area contributed by atoms with Gasteiger partial charge in [0.15, 0.2) is 0 Å². The van der Waals surface area contributed by atoms with Crippen LogP contribution in [0, 0.1) is 0 Å². The first kappa shape index (κ1) is 15.7. The molecule has 1 N–H and O–H groups in total. The van der Waals surface area contributed by atoms with Crippen molar-refractivity contribution in [1.29, 1.82) is 0 Å². The van der Waals surface area contributed by atoms with Crippen molar-refractivity contribution in [3.63, 3.8) is 0 Å². The molecule has 110 valence electrons. The smallest absolute Gasteiger partial charge is 0.255 e. The van der Waals surface area contributed by atoms with Gasteiger partial charge in [0.1, 0.15) is 5.75 Å². The van der Waals surface area contributed by atoms with Gasteiger partial charge in [-0.15, -0.1) is 11.6 Å². The van der Waals surface area contributed by atoms with Crippen LogP contribution in [-0.2, 0) is 5.88 Å². The fourth-order valence-corrected chi connectivity index (χ4v) is 2.25. The lowest BCUT2D eigenvalue weighted by atomic mass is 10.1. The highest BCUT2D eigenvalue weighted by Crippen LogP contribution is 2.27. The van der Waals surface area contributed by atoms with E-state index in [9.17, 15) is 4.79 Å². The van der Waals surface area contributed by atoms with E-state index in [4.69, 9.17) is 27.9 Å². The van der Waals surface area contributed by atoms with Crippen LogP contribution < -0.4 is 10.1 Å². The quantitative estimate of drug-likeness (QED) is 0.808. The Balaban J connectivity index is 2.13. The number of carbonyl (C=O) groups is 1. The third kappa shape index (κ3) is 4.13. The summed E-state index contributed by atoms with van der Waals surface area (Å²) < 4.78 is 5.35. The summed E-state index contributed by atoms with van der Waals surface area (Å²) in [7, 11) is 0. The van der Waals surface area contributed by atoms with Crippen molar-refractivity contribution in [2.24, 2.45) is 0 Å². The van der Waals surface area contributed by atoms with Crippen LogP contribution in [0.3, 0.4) is 0 Å². The lowest BCUT2D eigenvalue weighted by molar-refractivity contribution is 0.102. The van der Waals surface area contributed by atoms with E-state index in [1.807, 2.05) is 13.0 Å². The molecule has 2 aromatic rings. The van der Waals surface area contributed by atoms with Crippen molar-refractivity contribution in [3.05, 3.63) is 58.6 Å². The topological polar surface area (TPSA) is 38.3 Å². The van der Waals surface area contributed by atoms with Crippen LogP contribution >= 0.6 is 23.2 Å². The summed E-state index contributed by atoms with van der Waals surface area (Å²) in [4.78, 5) is 12.2. The molecule has 3 nitrogen and oxygen atoms in total. The van der Waals surface area contributed by atoms with E-state index < -0.39 is 0 Å². The zero-order chi connectivity index (χ0) is 15.2. The predicted octanol–water partition coefficient (Wildman–Crippen LogP) is 4.73. The van der Waals surface area contributed by atoms with Crippen LogP contribution in [0.2, 0.25) is 5.02 Å². The van der Waals surface area contributed by atoms with Crippen LogP contribution in [0.5, 0.6) is 5.75 Å². The molecule has 0 bridgehead atoms. The average Bonchev–Trinajstić information content (AvgIpc) is 2.50. The SMILES string of the molecule is CCOc1ccc(NC(=O)c2cccc(CCl)c2)cc1Cl. The first-order valence-electron chi connectivity index (χ1n) is 6.52.